The maximum Gasteiger partial charge on any atom is 0.277 e. The van der Waals surface area contributed by atoms with E-state index in [9.17, 15) is 10.0 Å². The van der Waals surface area contributed by atoms with Crippen LogP contribution in [0.2, 0.25) is 0 Å². The van der Waals surface area contributed by atoms with Crippen LogP contribution in [0.3, 0.4) is 0 Å². The number of amides is 1. The Morgan fingerprint density at radius 2 is 1.53 bits per heavy atom. The van der Waals surface area contributed by atoms with E-state index in [1.54, 1.807) is 24.5 Å². The molecule has 174 valence electrons. The highest BCUT2D eigenvalue weighted by Crippen LogP contribution is 2.39. The lowest BCUT2D eigenvalue weighted by Gasteiger charge is -2.35. The summed E-state index contributed by atoms with van der Waals surface area (Å²) < 4.78 is 0. The molecule has 2 aliphatic rings. The molecule has 1 fully saturated rings. The first-order chi connectivity index (χ1) is 16.2. The zero-order valence-electron chi connectivity index (χ0n) is 18.9. The number of likely N-dealkylation sites (tertiary alicyclic amines) is 1. The molecule has 0 radical (unpaired) electrons. The summed E-state index contributed by atoms with van der Waals surface area (Å²) in [6, 6.07) is 20.3. The van der Waals surface area contributed by atoms with E-state index in [0.717, 1.165) is 30.9 Å². The Bertz CT molecular complexity index is 1170. The predicted octanol–water partition coefficient (Wildman–Crippen LogP) is 5.76. The molecule has 1 amide bonds. The summed E-state index contributed by atoms with van der Waals surface area (Å²) in [5, 5.41) is 11.3. The van der Waals surface area contributed by atoms with Gasteiger partial charge in [-0.05, 0) is 53.6 Å². The summed E-state index contributed by atoms with van der Waals surface area (Å²) in [6.07, 6.45) is 10.7. The van der Waals surface area contributed by atoms with Crippen molar-refractivity contribution in [2.45, 2.75) is 19.3 Å². The molecule has 34 heavy (non-hydrogen) atoms. The molecule has 5 rings (SSSR count). The number of pyridine rings is 1. The average Bonchev–Trinajstić information content (AvgIpc) is 3.04. The Kier molecular flexibility index (Phi) is 7.46. The number of carbonyl (C=O) groups excluding carboxylic acids is 1. The highest BCUT2D eigenvalue weighted by Gasteiger charge is 2.25. The molecular formula is C28H28ClN3O2. The molecule has 5 nitrogen and oxygen atoms in total. The van der Waals surface area contributed by atoms with E-state index in [0.29, 0.717) is 12.1 Å². The van der Waals surface area contributed by atoms with Crippen molar-refractivity contribution < 1.29 is 10.0 Å². The van der Waals surface area contributed by atoms with Gasteiger partial charge in [-0.25, -0.2) is 5.06 Å². The van der Waals surface area contributed by atoms with Crippen LogP contribution in [0.1, 0.15) is 51.9 Å². The van der Waals surface area contributed by atoms with Crippen LogP contribution >= 0.6 is 12.4 Å². The average molecular weight is 474 g/mol. The molecule has 2 heterocycles. The highest BCUT2D eigenvalue weighted by atomic mass is 35.5. The van der Waals surface area contributed by atoms with Gasteiger partial charge in [-0.1, -0.05) is 60.7 Å². The minimum absolute atomic E-state index is 0. The largest absolute Gasteiger partial charge is 0.372 e. The van der Waals surface area contributed by atoms with Crippen molar-refractivity contribution in [1.29, 1.82) is 0 Å². The minimum atomic E-state index is -0.405. The highest BCUT2D eigenvalue weighted by molar-refractivity contribution is 5.95. The summed E-state index contributed by atoms with van der Waals surface area (Å²) in [6.45, 7) is 1.72. The summed E-state index contributed by atoms with van der Waals surface area (Å²) in [7, 11) is 0. The molecule has 1 aliphatic heterocycles. The Balaban J connectivity index is 0.00000274. The molecule has 1 aromatic heterocycles. The first-order valence-electron chi connectivity index (χ1n) is 11.5. The predicted molar refractivity (Wildman–Crippen MR) is 138 cm³/mol. The van der Waals surface area contributed by atoms with Gasteiger partial charge in [-0.2, -0.15) is 0 Å². The zero-order chi connectivity index (χ0) is 22.6. The SMILES string of the molecule is Cl.O=C(c1ccncc1)N(O)CCN1CCCCC1=C1c2ccccc2C=Cc2ccccc21. The fourth-order valence-corrected chi connectivity index (χ4v) is 4.75. The van der Waals surface area contributed by atoms with Crippen LogP contribution in [0.4, 0.5) is 0 Å². The Morgan fingerprint density at radius 1 is 0.912 bits per heavy atom. The van der Waals surface area contributed by atoms with Crippen LogP contribution in [0, 0.1) is 0 Å². The van der Waals surface area contributed by atoms with Crippen LogP contribution in [0.15, 0.2) is 78.8 Å². The normalized spacial score (nSPS) is 14.6. The maximum absolute atomic E-state index is 12.6. The van der Waals surface area contributed by atoms with Crippen LogP contribution < -0.4 is 0 Å². The van der Waals surface area contributed by atoms with Crippen LogP contribution in [-0.2, 0) is 0 Å². The molecule has 0 unspecified atom stereocenters. The molecule has 2 aromatic carbocycles. The Hall–Kier alpha value is -3.41. The molecule has 1 aliphatic carbocycles. The second-order valence-electron chi connectivity index (χ2n) is 8.44. The second kappa shape index (κ2) is 10.7. The summed E-state index contributed by atoms with van der Waals surface area (Å²) in [4.78, 5) is 18.9. The first kappa shape index (κ1) is 23.7. The fourth-order valence-electron chi connectivity index (χ4n) is 4.75. The van der Waals surface area contributed by atoms with Crippen molar-refractivity contribution in [3.63, 3.8) is 0 Å². The van der Waals surface area contributed by atoms with Gasteiger partial charge in [0, 0.05) is 42.3 Å². The van der Waals surface area contributed by atoms with Gasteiger partial charge >= 0.3 is 0 Å². The van der Waals surface area contributed by atoms with E-state index in [1.807, 2.05) is 0 Å². The van der Waals surface area contributed by atoms with Crippen molar-refractivity contribution in [1.82, 2.24) is 14.9 Å². The van der Waals surface area contributed by atoms with Crippen molar-refractivity contribution >= 4 is 36.0 Å². The quantitative estimate of drug-likeness (QED) is 0.302. The van der Waals surface area contributed by atoms with Crippen LogP contribution in [0.25, 0.3) is 17.7 Å². The van der Waals surface area contributed by atoms with Crippen molar-refractivity contribution in [3.8, 4) is 0 Å². The van der Waals surface area contributed by atoms with E-state index >= 15 is 0 Å². The van der Waals surface area contributed by atoms with Gasteiger partial charge < -0.3 is 4.90 Å². The third-order valence-electron chi connectivity index (χ3n) is 6.41. The van der Waals surface area contributed by atoms with E-state index < -0.39 is 5.91 Å². The van der Waals surface area contributed by atoms with Gasteiger partial charge in [0.15, 0.2) is 0 Å². The first-order valence-corrected chi connectivity index (χ1v) is 11.5. The smallest absolute Gasteiger partial charge is 0.277 e. The molecule has 6 heteroatoms. The van der Waals surface area contributed by atoms with E-state index in [4.69, 9.17) is 0 Å². The fraction of sp³-hybridized carbons (Fsp3) is 0.214. The van der Waals surface area contributed by atoms with Crippen LogP contribution in [-0.4, -0.2) is 45.7 Å². The summed E-state index contributed by atoms with van der Waals surface area (Å²) >= 11 is 0. The summed E-state index contributed by atoms with van der Waals surface area (Å²) in [5.41, 5.74) is 7.85. The third kappa shape index (κ3) is 4.76. The minimum Gasteiger partial charge on any atom is -0.372 e. The zero-order valence-corrected chi connectivity index (χ0v) is 19.7. The van der Waals surface area contributed by atoms with Crippen molar-refractivity contribution in [2.24, 2.45) is 0 Å². The third-order valence-corrected chi connectivity index (χ3v) is 6.41. The van der Waals surface area contributed by atoms with Gasteiger partial charge in [0.2, 0.25) is 0 Å². The molecule has 0 saturated carbocycles. The number of carbonyl (C=O) groups is 1. The number of piperidine rings is 1. The number of hydroxylamine groups is 2. The van der Waals surface area contributed by atoms with Crippen LogP contribution in [0.5, 0.6) is 0 Å². The molecule has 1 saturated heterocycles. The number of benzene rings is 2. The number of allylic oxidation sites excluding steroid dienone is 1. The summed E-state index contributed by atoms with van der Waals surface area (Å²) in [5.74, 6) is -0.405. The monoisotopic (exact) mass is 473 g/mol. The van der Waals surface area contributed by atoms with Gasteiger partial charge in [0.05, 0.1) is 6.54 Å². The Labute approximate surface area is 206 Å². The number of nitrogens with zero attached hydrogens (tertiary/aromatic N) is 3. The molecule has 0 spiro atoms. The molecule has 1 N–H and O–H groups in total. The molecule has 0 bridgehead atoms. The molecule has 0 atom stereocenters. The van der Waals surface area contributed by atoms with Gasteiger partial charge in [-0.15, -0.1) is 12.4 Å². The van der Waals surface area contributed by atoms with Crippen molar-refractivity contribution in [3.05, 3.63) is 107 Å². The molecule has 3 aromatic rings. The topological polar surface area (TPSA) is 56.7 Å². The van der Waals surface area contributed by atoms with E-state index in [1.165, 1.54) is 33.5 Å². The lowest BCUT2D eigenvalue weighted by Crippen LogP contribution is -2.38. The number of aromatic nitrogens is 1. The second-order valence-corrected chi connectivity index (χ2v) is 8.44. The van der Waals surface area contributed by atoms with E-state index in [-0.39, 0.29) is 19.0 Å². The number of fused-ring (bicyclic) bond motifs is 2. The molecular weight excluding hydrogens is 446 g/mol. The number of rotatable bonds is 4. The Morgan fingerprint density at radius 3 is 2.18 bits per heavy atom. The number of hydrogen-bond donors (Lipinski definition) is 1. The number of halogens is 1. The standard InChI is InChI=1S/C28H27N3O2.ClH/c32-28(23-14-16-29-17-15-23)31(33)20-19-30-18-6-5-11-26(30)27-24-9-3-1-7-21(24)12-13-22-8-2-4-10-25(22)27;/h1-4,7-10,12-17,33H,5-6,11,18-20H2;1H. The van der Waals surface area contributed by atoms with Gasteiger partial charge in [0.25, 0.3) is 5.91 Å². The lowest BCUT2D eigenvalue weighted by atomic mass is 9.89. The lowest BCUT2D eigenvalue weighted by molar-refractivity contribution is -0.0612. The maximum atomic E-state index is 12.6. The van der Waals surface area contributed by atoms with Crippen molar-refractivity contribution in [2.75, 3.05) is 19.6 Å². The van der Waals surface area contributed by atoms with E-state index in [2.05, 4.69) is 70.6 Å². The van der Waals surface area contributed by atoms with Gasteiger partial charge in [0.1, 0.15) is 0 Å². The number of hydrogen-bond acceptors (Lipinski definition) is 4. The van der Waals surface area contributed by atoms with Gasteiger partial charge in [-0.3, -0.25) is 15.0 Å².